The molecule has 1 aromatic carbocycles. The number of hydrogen-bond acceptors (Lipinski definition) is 4. The summed E-state index contributed by atoms with van der Waals surface area (Å²) in [6.07, 6.45) is 1.82. The molecule has 1 fully saturated rings. The van der Waals surface area contributed by atoms with Gasteiger partial charge in [-0.05, 0) is 55.6 Å². The summed E-state index contributed by atoms with van der Waals surface area (Å²) < 4.78 is 7.46. The van der Waals surface area contributed by atoms with Crippen LogP contribution in [0.1, 0.15) is 5.56 Å². The molecular weight excluding hydrogens is 414 g/mol. The lowest BCUT2D eigenvalue weighted by Crippen LogP contribution is -2.22. The number of benzene rings is 1. The maximum absolute atomic E-state index is 11.9. The smallest absolute Gasteiger partial charge is 0.265 e. The van der Waals surface area contributed by atoms with Gasteiger partial charge in [-0.1, -0.05) is 24.0 Å². The Morgan fingerprint density at radius 1 is 1.37 bits per heavy atom. The molecule has 100 valence electrons. The first-order valence-corrected chi connectivity index (χ1v) is 7.99. The summed E-state index contributed by atoms with van der Waals surface area (Å²) in [5.74, 6) is 0.651. The quantitative estimate of drug-likeness (QED) is 0.531. The number of nitrogens with zero attached hydrogens (tertiary/aromatic N) is 1. The molecule has 0 aliphatic carbocycles. The van der Waals surface area contributed by atoms with Crippen LogP contribution in [0.3, 0.4) is 0 Å². The van der Waals surface area contributed by atoms with E-state index in [1.165, 1.54) is 16.7 Å². The monoisotopic (exact) mass is 421 g/mol. The van der Waals surface area contributed by atoms with Gasteiger partial charge in [0.2, 0.25) is 0 Å². The lowest BCUT2D eigenvalue weighted by Gasteiger charge is -2.07. The van der Waals surface area contributed by atoms with Crippen LogP contribution in [-0.2, 0) is 4.79 Å². The maximum Gasteiger partial charge on any atom is 0.265 e. The second-order valence-corrected chi connectivity index (χ2v) is 7.14. The second-order valence-electron chi connectivity index (χ2n) is 3.76. The highest BCUT2D eigenvalue weighted by molar-refractivity contribution is 9.11. The topological polar surface area (TPSA) is 29.5 Å². The fourth-order valence-electron chi connectivity index (χ4n) is 1.55. The van der Waals surface area contributed by atoms with Crippen molar-refractivity contribution in [2.24, 2.45) is 0 Å². The molecule has 19 heavy (non-hydrogen) atoms. The van der Waals surface area contributed by atoms with Gasteiger partial charge in [0.25, 0.3) is 5.91 Å². The van der Waals surface area contributed by atoms with Gasteiger partial charge in [0.05, 0.1) is 21.0 Å². The van der Waals surface area contributed by atoms with E-state index in [0.29, 0.717) is 9.23 Å². The van der Waals surface area contributed by atoms with Gasteiger partial charge in [0.1, 0.15) is 10.1 Å². The van der Waals surface area contributed by atoms with E-state index >= 15 is 0 Å². The lowest BCUT2D eigenvalue weighted by molar-refractivity contribution is -0.121. The first-order chi connectivity index (χ1) is 8.93. The zero-order chi connectivity index (χ0) is 14.2. The molecule has 0 N–H and O–H groups in total. The standard InChI is InChI=1S/C12H9Br2NO2S2/c1-15-11(16)9(19-12(15)18)5-6-3-7(13)10(17-2)8(14)4-6/h3-5H,1-2H3/b9-5+. The minimum absolute atomic E-state index is 0.0712. The van der Waals surface area contributed by atoms with Crippen molar-refractivity contribution < 1.29 is 9.53 Å². The molecular formula is C12H9Br2NO2S2. The second kappa shape index (κ2) is 5.95. The van der Waals surface area contributed by atoms with Gasteiger partial charge in [0.15, 0.2) is 0 Å². The number of amides is 1. The molecule has 1 heterocycles. The highest BCUT2D eigenvalue weighted by Crippen LogP contribution is 2.37. The molecule has 1 aromatic rings. The van der Waals surface area contributed by atoms with E-state index in [1.54, 1.807) is 14.2 Å². The number of likely N-dealkylation sites (N-methyl/N-ethyl adjacent to an activating group) is 1. The van der Waals surface area contributed by atoms with Gasteiger partial charge in [-0.15, -0.1) is 0 Å². The van der Waals surface area contributed by atoms with Gasteiger partial charge in [-0.2, -0.15) is 0 Å². The van der Waals surface area contributed by atoms with Crippen molar-refractivity contribution in [2.45, 2.75) is 0 Å². The van der Waals surface area contributed by atoms with Crippen molar-refractivity contribution in [3.63, 3.8) is 0 Å². The maximum atomic E-state index is 11.9. The minimum atomic E-state index is -0.0712. The van der Waals surface area contributed by atoms with Crippen molar-refractivity contribution in [1.29, 1.82) is 0 Å². The molecule has 0 atom stereocenters. The third kappa shape index (κ3) is 3.04. The third-order valence-corrected chi connectivity index (χ3v) is 5.17. The van der Waals surface area contributed by atoms with Crippen LogP contribution in [0.2, 0.25) is 0 Å². The van der Waals surface area contributed by atoms with Crippen molar-refractivity contribution in [2.75, 3.05) is 14.2 Å². The van der Waals surface area contributed by atoms with Gasteiger partial charge in [-0.3, -0.25) is 9.69 Å². The number of halogens is 2. The van der Waals surface area contributed by atoms with Crippen LogP contribution < -0.4 is 4.74 Å². The van der Waals surface area contributed by atoms with E-state index in [2.05, 4.69) is 31.9 Å². The molecule has 0 saturated carbocycles. The van der Waals surface area contributed by atoms with Gasteiger partial charge < -0.3 is 4.74 Å². The summed E-state index contributed by atoms with van der Waals surface area (Å²) in [4.78, 5) is 14.0. The van der Waals surface area contributed by atoms with Crippen molar-refractivity contribution in [3.8, 4) is 5.75 Å². The van der Waals surface area contributed by atoms with Crippen LogP contribution in [0.4, 0.5) is 0 Å². The van der Waals surface area contributed by atoms with Gasteiger partial charge >= 0.3 is 0 Å². The Morgan fingerprint density at radius 3 is 2.37 bits per heavy atom. The van der Waals surface area contributed by atoms with Crippen LogP contribution in [0, 0.1) is 0 Å². The van der Waals surface area contributed by atoms with Crippen LogP contribution in [0.15, 0.2) is 26.0 Å². The average Bonchev–Trinajstić information content (AvgIpc) is 2.57. The number of thiocarbonyl (C=S) groups is 1. The lowest BCUT2D eigenvalue weighted by atomic mass is 10.2. The molecule has 1 saturated heterocycles. The molecule has 0 unspecified atom stereocenters. The molecule has 0 spiro atoms. The average molecular weight is 423 g/mol. The Balaban J connectivity index is 2.40. The van der Waals surface area contributed by atoms with Crippen LogP contribution in [0.5, 0.6) is 5.75 Å². The van der Waals surface area contributed by atoms with Crippen LogP contribution in [-0.4, -0.2) is 29.3 Å². The van der Waals surface area contributed by atoms with Crippen molar-refractivity contribution in [1.82, 2.24) is 4.90 Å². The summed E-state index contributed by atoms with van der Waals surface area (Å²) in [6.45, 7) is 0. The van der Waals surface area contributed by atoms with Gasteiger partial charge in [0, 0.05) is 7.05 Å². The zero-order valence-corrected chi connectivity index (χ0v) is 14.9. The fourth-order valence-corrected chi connectivity index (χ4v) is 4.28. The molecule has 1 aliphatic heterocycles. The predicted octanol–water partition coefficient (Wildman–Crippen LogP) is 4.05. The number of methoxy groups -OCH3 is 1. The Bertz CT molecular complexity index is 578. The van der Waals surface area contributed by atoms with Gasteiger partial charge in [-0.25, -0.2) is 0 Å². The first kappa shape index (κ1) is 15.0. The van der Waals surface area contributed by atoms with E-state index in [9.17, 15) is 4.79 Å². The molecule has 1 amide bonds. The van der Waals surface area contributed by atoms with E-state index in [-0.39, 0.29) is 5.91 Å². The Morgan fingerprint density at radius 2 is 1.95 bits per heavy atom. The fraction of sp³-hybridized carbons (Fsp3) is 0.167. The highest BCUT2D eigenvalue weighted by Gasteiger charge is 2.28. The molecule has 0 aromatic heterocycles. The number of rotatable bonds is 2. The highest BCUT2D eigenvalue weighted by atomic mass is 79.9. The number of carbonyl (C=O) groups is 1. The number of hydrogen-bond donors (Lipinski definition) is 0. The minimum Gasteiger partial charge on any atom is -0.494 e. The molecule has 0 bridgehead atoms. The van der Waals surface area contributed by atoms with E-state index < -0.39 is 0 Å². The molecule has 3 nitrogen and oxygen atoms in total. The van der Waals surface area contributed by atoms with Crippen LogP contribution in [0.25, 0.3) is 6.08 Å². The number of carbonyl (C=O) groups excluding carboxylic acids is 1. The predicted molar refractivity (Wildman–Crippen MR) is 89.3 cm³/mol. The van der Waals surface area contributed by atoms with Crippen molar-refractivity contribution in [3.05, 3.63) is 31.5 Å². The van der Waals surface area contributed by atoms with Crippen molar-refractivity contribution >= 4 is 72.1 Å². The number of ether oxygens (including phenoxy) is 1. The third-order valence-electron chi connectivity index (χ3n) is 2.51. The summed E-state index contributed by atoms with van der Waals surface area (Å²) in [5.41, 5.74) is 0.897. The Labute approximate surface area is 137 Å². The molecule has 0 radical (unpaired) electrons. The number of thioether (sulfide) groups is 1. The summed E-state index contributed by atoms with van der Waals surface area (Å²) in [6, 6.07) is 3.79. The normalized spacial score (nSPS) is 17.5. The first-order valence-electron chi connectivity index (χ1n) is 5.18. The van der Waals surface area contributed by atoms with E-state index in [4.69, 9.17) is 17.0 Å². The van der Waals surface area contributed by atoms with E-state index in [1.807, 2.05) is 18.2 Å². The molecule has 2 rings (SSSR count). The Hall–Kier alpha value is -0.370. The molecule has 7 heteroatoms. The summed E-state index contributed by atoms with van der Waals surface area (Å²) in [7, 11) is 3.28. The Kier molecular flexibility index (Phi) is 4.70. The summed E-state index contributed by atoms with van der Waals surface area (Å²) >= 11 is 13.3. The zero-order valence-electron chi connectivity index (χ0n) is 10.1. The SMILES string of the molecule is COc1c(Br)cc(/C=C2/SC(=S)N(C)C2=O)cc1Br. The summed E-state index contributed by atoms with van der Waals surface area (Å²) in [5, 5.41) is 0. The largest absolute Gasteiger partial charge is 0.494 e. The van der Waals surface area contributed by atoms with E-state index in [0.717, 1.165) is 20.3 Å². The molecule has 1 aliphatic rings. The van der Waals surface area contributed by atoms with Crippen LogP contribution >= 0.6 is 55.8 Å².